The number of fused-ring (bicyclic) bond motifs is 1. The number of aldehydes is 1. The van der Waals surface area contributed by atoms with Crippen molar-refractivity contribution >= 4 is 23.2 Å². The topological polar surface area (TPSA) is 46.6 Å². The number of hydrogen-bond acceptors (Lipinski definition) is 3. The van der Waals surface area contributed by atoms with E-state index < -0.39 is 17.2 Å². The van der Waals surface area contributed by atoms with E-state index in [4.69, 9.17) is 4.74 Å². The molecule has 1 atom stereocenters. The number of carbonyl (C=O) groups is 2. The van der Waals surface area contributed by atoms with Gasteiger partial charge in [-0.2, -0.15) is 0 Å². The maximum atomic E-state index is 12.4. The first-order valence-corrected chi connectivity index (χ1v) is 7.60. The van der Waals surface area contributed by atoms with Gasteiger partial charge in [0.25, 0.3) is 0 Å². The van der Waals surface area contributed by atoms with Gasteiger partial charge in [-0.25, -0.2) is 4.79 Å². The van der Waals surface area contributed by atoms with Crippen LogP contribution >= 0.6 is 0 Å². The SMILES string of the molecule is CN(C(=O)OC(C)(C)C)C(C)(C=O)c1cccc2ccccc12. The summed E-state index contributed by atoms with van der Waals surface area (Å²) in [4.78, 5) is 25.7. The Morgan fingerprint density at radius 1 is 1.04 bits per heavy atom. The average molecular weight is 313 g/mol. The van der Waals surface area contributed by atoms with Crippen LogP contribution in [0, 0.1) is 0 Å². The number of rotatable bonds is 3. The van der Waals surface area contributed by atoms with Gasteiger partial charge in [0, 0.05) is 7.05 Å². The van der Waals surface area contributed by atoms with E-state index in [9.17, 15) is 9.59 Å². The highest BCUT2D eigenvalue weighted by atomic mass is 16.6. The zero-order valence-corrected chi connectivity index (χ0v) is 14.3. The lowest BCUT2D eigenvalue weighted by molar-refractivity contribution is -0.117. The Bertz CT molecular complexity index is 727. The summed E-state index contributed by atoms with van der Waals surface area (Å²) in [6, 6.07) is 13.6. The molecule has 122 valence electrons. The summed E-state index contributed by atoms with van der Waals surface area (Å²) in [5.74, 6) is 0. The molecule has 1 amide bonds. The minimum absolute atomic E-state index is 0.528. The normalized spacial score (nSPS) is 14.1. The molecule has 2 aromatic carbocycles. The molecule has 0 aromatic heterocycles. The van der Waals surface area contributed by atoms with Crippen molar-refractivity contribution in [1.29, 1.82) is 0 Å². The first-order chi connectivity index (χ1) is 10.7. The summed E-state index contributed by atoms with van der Waals surface area (Å²) in [6.45, 7) is 7.13. The van der Waals surface area contributed by atoms with Gasteiger partial charge in [0.15, 0.2) is 0 Å². The van der Waals surface area contributed by atoms with E-state index in [1.54, 1.807) is 34.7 Å². The summed E-state index contributed by atoms with van der Waals surface area (Å²) in [5, 5.41) is 1.97. The highest BCUT2D eigenvalue weighted by Crippen LogP contribution is 2.32. The molecule has 0 saturated heterocycles. The molecule has 0 N–H and O–H groups in total. The van der Waals surface area contributed by atoms with E-state index in [-0.39, 0.29) is 0 Å². The zero-order chi connectivity index (χ0) is 17.3. The fraction of sp³-hybridized carbons (Fsp3) is 0.368. The molecule has 0 aliphatic carbocycles. The Kier molecular flexibility index (Phi) is 4.46. The van der Waals surface area contributed by atoms with Gasteiger partial charge >= 0.3 is 6.09 Å². The van der Waals surface area contributed by atoms with E-state index in [1.807, 2.05) is 42.5 Å². The number of carbonyl (C=O) groups excluding carboxylic acids is 2. The summed E-state index contributed by atoms with van der Waals surface area (Å²) < 4.78 is 5.41. The number of amides is 1. The minimum atomic E-state index is -1.11. The second-order valence-corrected chi connectivity index (χ2v) is 6.83. The summed E-state index contributed by atoms with van der Waals surface area (Å²) in [6.07, 6.45) is 0.263. The highest BCUT2D eigenvalue weighted by molar-refractivity contribution is 5.91. The molecule has 0 aliphatic rings. The van der Waals surface area contributed by atoms with E-state index in [0.29, 0.717) is 0 Å². The molecular weight excluding hydrogens is 290 g/mol. The average Bonchev–Trinajstić information content (AvgIpc) is 2.51. The Morgan fingerprint density at radius 3 is 2.26 bits per heavy atom. The Balaban J connectivity index is 2.51. The van der Waals surface area contributed by atoms with Crippen LogP contribution in [-0.4, -0.2) is 29.9 Å². The van der Waals surface area contributed by atoms with Gasteiger partial charge < -0.3 is 9.53 Å². The minimum Gasteiger partial charge on any atom is -0.444 e. The molecule has 0 fully saturated rings. The quantitative estimate of drug-likeness (QED) is 0.801. The third-order valence-corrected chi connectivity index (χ3v) is 3.93. The van der Waals surface area contributed by atoms with Crippen molar-refractivity contribution in [3.05, 3.63) is 48.0 Å². The van der Waals surface area contributed by atoms with Crippen molar-refractivity contribution < 1.29 is 14.3 Å². The van der Waals surface area contributed by atoms with Crippen molar-refractivity contribution in [1.82, 2.24) is 4.90 Å². The van der Waals surface area contributed by atoms with E-state index >= 15 is 0 Å². The van der Waals surface area contributed by atoms with Gasteiger partial charge in [0.1, 0.15) is 17.4 Å². The maximum Gasteiger partial charge on any atom is 0.411 e. The molecule has 1 unspecified atom stereocenters. The molecule has 4 nitrogen and oxygen atoms in total. The third kappa shape index (κ3) is 3.36. The van der Waals surface area contributed by atoms with Gasteiger partial charge in [0.05, 0.1) is 0 Å². The Labute approximate surface area is 137 Å². The standard InChI is InChI=1S/C19H23NO3/c1-18(2,3)23-17(22)20(5)19(4,13-21)16-12-8-10-14-9-6-7-11-15(14)16/h6-13H,1-5H3. The van der Waals surface area contributed by atoms with E-state index in [1.165, 1.54) is 4.90 Å². The van der Waals surface area contributed by atoms with Crippen LogP contribution in [0.4, 0.5) is 4.79 Å². The van der Waals surface area contributed by atoms with Crippen molar-refractivity contribution in [2.75, 3.05) is 7.05 Å². The van der Waals surface area contributed by atoms with Gasteiger partial charge in [0.2, 0.25) is 0 Å². The molecule has 0 aliphatic heterocycles. The number of ether oxygens (including phenoxy) is 1. The van der Waals surface area contributed by atoms with E-state index in [2.05, 4.69) is 0 Å². The van der Waals surface area contributed by atoms with Crippen LogP contribution in [0.2, 0.25) is 0 Å². The zero-order valence-electron chi connectivity index (χ0n) is 14.3. The first kappa shape index (κ1) is 17.0. The Hall–Kier alpha value is -2.36. The van der Waals surface area contributed by atoms with Gasteiger partial charge in [-0.1, -0.05) is 42.5 Å². The van der Waals surface area contributed by atoms with Gasteiger partial charge in [-0.05, 0) is 44.0 Å². The smallest absolute Gasteiger partial charge is 0.411 e. The summed E-state index contributed by atoms with van der Waals surface area (Å²) in [7, 11) is 1.59. The monoisotopic (exact) mass is 313 g/mol. The lowest BCUT2D eigenvalue weighted by Crippen LogP contribution is -2.48. The van der Waals surface area contributed by atoms with Crippen LogP contribution in [0.15, 0.2) is 42.5 Å². The predicted molar refractivity (Wildman–Crippen MR) is 91.4 cm³/mol. The first-order valence-electron chi connectivity index (χ1n) is 7.60. The van der Waals surface area contributed by atoms with Crippen LogP contribution in [0.3, 0.4) is 0 Å². The Morgan fingerprint density at radius 2 is 1.65 bits per heavy atom. The fourth-order valence-electron chi connectivity index (χ4n) is 2.51. The second kappa shape index (κ2) is 6.03. The lowest BCUT2D eigenvalue weighted by Gasteiger charge is -2.36. The van der Waals surface area contributed by atoms with Crippen LogP contribution in [0.5, 0.6) is 0 Å². The molecule has 0 spiro atoms. The molecule has 4 heteroatoms. The van der Waals surface area contributed by atoms with Crippen LogP contribution in [-0.2, 0) is 15.1 Å². The molecule has 0 radical (unpaired) electrons. The van der Waals surface area contributed by atoms with Crippen molar-refractivity contribution in [3.63, 3.8) is 0 Å². The van der Waals surface area contributed by atoms with Crippen LogP contribution in [0.1, 0.15) is 33.3 Å². The molecule has 2 aromatic rings. The number of benzene rings is 2. The molecule has 2 rings (SSSR count). The lowest BCUT2D eigenvalue weighted by atomic mass is 9.88. The van der Waals surface area contributed by atoms with Gasteiger partial charge in [-0.15, -0.1) is 0 Å². The van der Waals surface area contributed by atoms with Crippen molar-refractivity contribution in [3.8, 4) is 0 Å². The van der Waals surface area contributed by atoms with Crippen molar-refractivity contribution in [2.45, 2.75) is 38.8 Å². The molecular formula is C19H23NO3. The van der Waals surface area contributed by atoms with Crippen molar-refractivity contribution in [2.24, 2.45) is 0 Å². The van der Waals surface area contributed by atoms with Crippen LogP contribution in [0.25, 0.3) is 10.8 Å². The second-order valence-electron chi connectivity index (χ2n) is 6.83. The summed E-state index contributed by atoms with van der Waals surface area (Å²) in [5.41, 5.74) is -0.948. The predicted octanol–water partition coefficient (Wildman–Crippen LogP) is 4.12. The number of nitrogens with zero attached hydrogens (tertiary/aromatic N) is 1. The van der Waals surface area contributed by atoms with Gasteiger partial charge in [-0.3, -0.25) is 4.90 Å². The molecule has 0 saturated carbocycles. The summed E-state index contributed by atoms with van der Waals surface area (Å²) >= 11 is 0. The maximum absolute atomic E-state index is 12.4. The van der Waals surface area contributed by atoms with Crippen LogP contribution < -0.4 is 0 Å². The highest BCUT2D eigenvalue weighted by Gasteiger charge is 2.37. The number of likely N-dealkylation sites (N-methyl/N-ethyl adjacent to an activating group) is 1. The molecule has 0 bridgehead atoms. The van der Waals surface area contributed by atoms with E-state index in [0.717, 1.165) is 22.6 Å². The molecule has 23 heavy (non-hydrogen) atoms. The molecule has 0 heterocycles. The number of hydrogen-bond donors (Lipinski definition) is 0. The third-order valence-electron chi connectivity index (χ3n) is 3.93. The largest absolute Gasteiger partial charge is 0.444 e. The fourth-order valence-corrected chi connectivity index (χ4v) is 2.51.